The van der Waals surface area contributed by atoms with Crippen LogP contribution in [0.25, 0.3) is 27.0 Å². The van der Waals surface area contributed by atoms with E-state index in [2.05, 4.69) is 20.3 Å². The van der Waals surface area contributed by atoms with Crippen LogP contribution in [0.2, 0.25) is 5.02 Å². The molecule has 0 spiro atoms. The van der Waals surface area contributed by atoms with E-state index in [1.165, 1.54) is 17.0 Å². The molecule has 0 saturated heterocycles. The van der Waals surface area contributed by atoms with Crippen molar-refractivity contribution in [2.24, 2.45) is 0 Å². The van der Waals surface area contributed by atoms with Crippen molar-refractivity contribution >= 4 is 55.4 Å². The molecule has 0 fully saturated rings. The summed E-state index contributed by atoms with van der Waals surface area (Å²) in [6.07, 6.45) is 4.04. The Hall–Kier alpha value is -3.87. The van der Waals surface area contributed by atoms with Crippen molar-refractivity contribution in [3.05, 3.63) is 82.1 Å². The molecule has 13 heteroatoms. The van der Waals surface area contributed by atoms with Gasteiger partial charge < -0.3 is 11.1 Å². The third-order valence-corrected chi connectivity index (χ3v) is 8.54. The van der Waals surface area contributed by atoms with Crippen LogP contribution in [0.15, 0.2) is 70.1 Å². The predicted octanol–water partition coefficient (Wildman–Crippen LogP) is 4.11. The number of thiazole rings is 1. The van der Waals surface area contributed by atoms with Gasteiger partial charge in [0, 0.05) is 18.6 Å². The standard InChI is InChI=1S/C24H20ClN7O3S2/c1-13(29-20-15(11-27-23(26)31-20)18-12-28-24(36-18)37(2,34)35)21-30-17-10-6-9-16(25)19(17)22(33)32(21)14-7-4-3-5-8-14/h3-13H,1-2H3,(H3,26,27,29,31)/t13-/m1/s1. The lowest BCUT2D eigenvalue weighted by molar-refractivity contribution is 0.601. The average Bonchev–Trinajstić information content (AvgIpc) is 3.35. The molecule has 0 radical (unpaired) electrons. The third-order valence-electron chi connectivity index (χ3n) is 5.50. The lowest BCUT2D eigenvalue weighted by Crippen LogP contribution is -2.27. The summed E-state index contributed by atoms with van der Waals surface area (Å²) >= 11 is 7.37. The molecule has 5 aromatic rings. The minimum absolute atomic E-state index is 0.0185. The monoisotopic (exact) mass is 553 g/mol. The largest absolute Gasteiger partial charge is 0.368 e. The van der Waals surface area contributed by atoms with E-state index in [0.29, 0.717) is 43.7 Å². The fourth-order valence-corrected chi connectivity index (χ4v) is 5.86. The first-order valence-corrected chi connectivity index (χ1v) is 14.0. The van der Waals surface area contributed by atoms with Crippen LogP contribution in [0.1, 0.15) is 18.8 Å². The fourth-order valence-electron chi connectivity index (χ4n) is 3.83. The first-order chi connectivity index (χ1) is 17.6. The number of aromatic nitrogens is 5. The Kier molecular flexibility index (Phi) is 6.40. The summed E-state index contributed by atoms with van der Waals surface area (Å²) in [6.45, 7) is 1.83. The quantitative estimate of drug-likeness (QED) is 0.317. The molecule has 0 unspecified atom stereocenters. The van der Waals surface area contributed by atoms with Crippen molar-refractivity contribution in [2.75, 3.05) is 17.3 Å². The van der Waals surface area contributed by atoms with Gasteiger partial charge in [0.25, 0.3) is 5.56 Å². The van der Waals surface area contributed by atoms with Crippen LogP contribution in [0, 0.1) is 0 Å². The lowest BCUT2D eigenvalue weighted by Gasteiger charge is -2.21. The van der Waals surface area contributed by atoms with Gasteiger partial charge in [0.1, 0.15) is 11.6 Å². The maximum atomic E-state index is 13.7. The SMILES string of the molecule is C[C@@H](Nc1nc(N)ncc1-c1cnc(S(C)(=O)=O)s1)c1nc2cccc(Cl)c2c(=O)n1-c1ccccc1. The van der Waals surface area contributed by atoms with E-state index in [1.54, 1.807) is 30.3 Å². The minimum Gasteiger partial charge on any atom is -0.368 e. The zero-order valence-corrected chi connectivity index (χ0v) is 22.0. The molecule has 0 bridgehead atoms. The van der Waals surface area contributed by atoms with Crippen molar-refractivity contribution in [3.8, 4) is 16.1 Å². The molecular weight excluding hydrogens is 534 g/mol. The van der Waals surface area contributed by atoms with Crippen molar-refractivity contribution in [1.82, 2.24) is 24.5 Å². The second-order valence-electron chi connectivity index (χ2n) is 8.20. The Morgan fingerprint density at radius 3 is 2.51 bits per heavy atom. The number of para-hydroxylation sites is 1. The Bertz CT molecular complexity index is 1800. The van der Waals surface area contributed by atoms with E-state index in [-0.39, 0.29) is 15.8 Å². The number of halogens is 1. The molecule has 3 heterocycles. The number of nitrogens with two attached hydrogens (primary N) is 1. The van der Waals surface area contributed by atoms with Crippen molar-refractivity contribution < 1.29 is 8.42 Å². The third kappa shape index (κ3) is 4.78. The van der Waals surface area contributed by atoms with Gasteiger partial charge in [-0.15, -0.1) is 11.3 Å². The highest BCUT2D eigenvalue weighted by Crippen LogP contribution is 2.34. The van der Waals surface area contributed by atoms with Gasteiger partial charge >= 0.3 is 0 Å². The zero-order valence-electron chi connectivity index (χ0n) is 19.6. The van der Waals surface area contributed by atoms with Gasteiger partial charge in [0.15, 0.2) is 0 Å². The van der Waals surface area contributed by atoms with Crippen LogP contribution in [-0.2, 0) is 9.84 Å². The first-order valence-electron chi connectivity index (χ1n) is 11.0. The summed E-state index contributed by atoms with van der Waals surface area (Å²) < 4.78 is 25.4. The first kappa shape index (κ1) is 24.8. The summed E-state index contributed by atoms with van der Waals surface area (Å²) in [7, 11) is -3.48. The number of rotatable bonds is 6. The number of nitrogen functional groups attached to an aromatic ring is 1. The Balaban J connectivity index is 1.65. The summed E-state index contributed by atoms with van der Waals surface area (Å²) in [4.78, 5) is 31.4. The molecule has 1 atom stereocenters. The van der Waals surface area contributed by atoms with E-state index in [9.17, 15) is 13.2 Å². The Morgan fingerprint density at radius 1 is 1.05 bits per heavy atom. The molecule has 3 aromatic heterocycles. The molecule has 3 N–H and O–H groups in total. The van der Waals surface area contributed by atoms with Crippen LogP contribution in [0.3, 0.4) is 0 Å². The topological polar surface area (TPSA) is 146 Å². The second-order valence-corrected chi connectivity index (χ2v) is 11.8. The summed E-state index contributed by atoms with van der Waals surface area (Å²) in [5.41, 5.74) is 7.14. The summed E-state index contributed by atoms with van der Waals surface area (Å²) in [5, 5.41) is 3.90. The van der Waals surface area contributed by atoms with Crippen LogP contribution >= 0.6 is 22.9 Å². The molecule has 0 aliphatic heterocycles. The van der Waals surface area contributed by atoms with E-state index in [4.69, 9.17) is 22.3 Å². The second kappa shape index (κ2) is 9.54. The molecule has 2 aromatic carbocycles. The molecule has 5 rings (SSSR count). The minimum atomic E-state index is -3.48. The van der Waals surface area contributed by atoms with Gasteiger partial charge in [0.2, 0.25) is 20.1 Å². The summed E-state index contributed by atoms with van der Waals surface area (Å²) in [5.74, 6) is 0.768. The number of anilines is 2. The number of benzene rings is 2. The lowest BCUT2D eigenvalue weighted by atomic mass is 10.2. The average molecular weight is 554 g/mol. The van der Waals surface area contributed by atoms with Gasteiger partial charge in [-0.1, -0.05) is 35.9 Å². The number of nitrogens with one attached hydrogen (secondary N) is 1. The van der Waals surface area contributed by atoms with E-state index in [1.807, 2.05) is 25.1 Å². The normalized spacial score (nSPS) is 12.5. The number of nitrogens with zero attached hydrogens (tertiary/aromatic N) is 5. The van der Waals surface area contributed by atoms with E-state index >= 15 is 0 Å². The molecule has 0 aliphatic carbocycles. The zero-order chi connectivity index (χ0) is 26.3. The number of fused-ring (bicyclic) bond motifs is 1. The molecular formula is C24H20ClN7O3S2. The van der Waals surface area contributed by atoms with Crippen LogP contribution in [0.5, 0.6) is 0 Å². The highest BCUT2D eigenvalue weighted by Gasteiger charge is 2.22. The number of hydrogen-bond acceptors (Lipinski definition) is 10. The maximum absolute atomic E-state index is 13.7. The van der Waals surface area contributed by atoms with Crippen LogP contribution in [0.4, 0.5) is 11.8 Å². The predicted molar refractivity (Wildman–Crippen MR) is 145 cm³/mol. The molecule has 188 valence electrons. The Labute approximate surface area is 220 Å². The van der Waals surface area contributed by atoms with Crippen LogP contribution in [-0.4, -0.2) is 39.2 Å². The van der Waals surface area contributed by atoms with Gasteiger partial charge in [-0.05, 0) is 31.2 Å². The maximum Gasteiger partial charge on any atom is 0.267 e. The Morgan fingerprint density at radius 2 is 1.81 bits per heavy atom. The molecule has 0 amide bonds. The number of hydrogen-bond donors (Lipinski definition) is 2. The molecule has 0 aliphatic rings. The van der Waals surface area contributed by atoms with Crippen molar-refractivity contribution in [1.29, 1.82) is 0 Å². The fraction of sp³-hybridized carbons (Fsp3) is 0.125. The van der Waals surface area contributed by atoms with E-state index < -0.39 is 15.9 Å². The summed E-state index contributed by atoms with van der Waals surface area (Å²) in [6, 6.07) is 13.7. The smallest absolute Gasteiger partial charge is 0.267 e. The van der Waals surface area contributed by atoms with Gasteiger partial charge in [-0.3, -0.25) is 9.36 Å². The highest BCUT2D eigenvalue weighted by molar-refractivity contribution is 7.92. The number of sulfone groups is 1. The van der Waals surface area contributed by atoms with Crippen molar-refractivity contribution in [2.45, 2.75) is 17.3 Å². The molecule has 37 heavy (non-hydrogen) atoms. The van der Waals surface area contributed by atoms with Gasteiger partial charge in [-0.2, -0.15) is 4.98 Å². The van der Waals surface area contributed by atoms with Crippen molar-refractivity contribution in [3.63, 3.8) is 0 Å². The van der Waals surface area contributed by atoms with Gasteiger partial charge in [-0.25, -0.2) is 23.4 Å². The van der Waals surface area contributed by atoms with Gasteiger partial charge in [0.05, 0.1) is 38.1 Å². The molecule has 10 nitrogen and oxygen atoms in total. The van der Waals surface area contributed by atoms with Crippen LogP contribution < -0.4 is 16.6 Å². The molecule has 0 saturated carbocycles. The highest BCUT2D eigenvalue weighted by atomic mass is 35.5. The van der Waals surface area contributed by atoms with E-state index in [0.717, 1.165) is 17.6 Å².